The van der Waals surface area contributed by atoms with Crippen molar-refractivity contribution >= 4 is 17.3 Å². The van der Waals surface area contributed by atoms with Gasteiger partial charge in [0.15, 0.2) is 0 Å². The number of halogens is 2. The second-order valence-electron chi connectivity index (χ2n) is 3.93. The molecule has 1 rings (SSSR count). The first-order valence-electron chi connectivity index (χ1n) is 5.00. The average molecular weight is 247 g/mol. The Morgan fingerprint density at radius 2 is 2.19 bits per heavy atom. The van der Waals surface area contributed by atoms with Crippen LogP contribution in [0.3, 0.4) is 0 Å². The van der Waals surface area contributed by atoms with Crippen molar-refractivity contribution < 1.29 is 9.50 Å². The molecule has 0 spiro atoms. The normalized spacial score (nSPS) is 12.9. The number of hydrogen-bond acceptors (Lipinski definition) is 3. The summed E-state index contributed by atoms with van der Waals surface area (Å²) in [6.45, 7) is 0.933. The van der Waals surface area contributed by atoms with Gasteiger partial charge in [-0.2, -0.15) is 0 Å². The Balaban J connectivity index is 2.45. The van der Waals surface area contributed by atoms with Gasteiger partial charge in [0.05, 0.1) is 11.1 Å². The SMILES string of the molecule is CN(C)CC(O)CNc1ccc(Cl)c(F)c1. The van der Waals surface area contributed by atoms with Crippen LogP contribution in [0.5, 0.6) is 0 Å². The molecule has 0 heterocycles. The summed E-state index contributed by atoms with van der Waals surface area (Å²) in [4.78, 5) is 1.88. The third-order valence-corrected chi connectivity index (χ3v) is 2.34. The summed E-state index contributed by atoms with van der Waals surface area (Å²) in [6, 6.07) is 4.47. The van der Waals surface area contributed by atoms with E-state index >= 15 is 0 Å². The van der Waals surface area contributed by atoms with Crippen molar-refractivity contribution in [2.75, 3.05) is 32.5 Å². The zero-order valence-electron chi connectivity index (χ0n) is 9.37. The minimum Gasteiger partial charge on any atom is -0.390 e. The molecule has 1 aromatic rings. The monoisotopic (exact) mass is 246 g/mol. The highest BCUT2D eigenvalue weighted by Gasteiger charge is 2.06. The van der Waals surface area contributed by atoms with Crippen LogP contribution in [0.15, 0.2) is 18.2 Å². The number of nitrogens with zero attached hydrogens (tertiary/aromatic N) is 1. The van der Waals surface area contributed by atoms with Crippen molar-refractivity contribution in [3.05, 3.63) is 29.0 Å². The molecular formula is C11H16ClFN2O. The van der Waals surface area contributed by atoms with Crippen molar-refractivity contribution in [1.82, 2.24) is 4.90 Å². The summed E-state index contributed by atoms with van der Waals surface area (Å²) in [5.74, 6) is -0.464. The van der Waals surface area contributed by atoms with Crippen LogP contribution in [0.2, 0.25) is 5.02 Å². The Morgan fingerprint density at radius 3 is 2.75 bits per heavy atom. The summed E-state index contributed by atoms with van der Waals surface area (Å²) in [5, 5.41) is 12.6. The predicted octanol–water partition coefficient (Wildman–Crippen LogP) is 1.81. The van der Waals surface area contributed by atoms with E-state index in [-0.39, 0.29) is 5.02 Å². The summed E-state index contributed by atoms with van der Waals surface area (Å²) in [6.07, 6.45) is -0.492. The van der Waals surface area contributed by atoms with Gasteiger partial charge in [-0.15, -0.1) is 0 Å². The molecule has 1 atom stereocenters. The molecule has 0 radical (unpaired) electrons. The van der Waals surface area contributed by atoms with Gasteiger partial charge < -0.3 is 15.3 Å². The Hall–Kier alpha value is -0.840. The zero-order chi connectivity index (χ0) is 12.1. The van der Waals surface area contributed by atoms with Crippen LogP contribution in [0.1, 0.15) is 0 Å². The quantitative estimate of drug-likeness (QED) is 0.832. The van der Waals surface area contributed by atoms with Gasteiger partial charge in [-0.25, -0.2) is 4.39 Å². The number of anilines is 1. The molecule has 2 N–H and O–H groups in total. The van der Waals surface area contributed by atoms with Crippen molar-refractivity contribution in [3.8, 4) is 0 Å². The van der Waals surface area contributed by atoms with E-state index in [1.807, 2.05) is 19.0 Å². The zero-order valence-corrected chi connectivity index (χ0v) is 10.1. The van der Waals surface area contributed by atoms with Gasteiger partial charge in [0.25, 0.3) is 0 Å². The molecule has 0 saturated heterocycles. The fraction of sp³-hybridized carbons (Fsp3) is 0.455. The maximum absolute atomic E-state index is 13.1. The van der Waals surface area contributed by atoms with Gasteiger partial charge in [-0.1, -0.05) is 11.6 Å². The molecule has 0 amide bonds. The summed E-state index contributed by atoms with van der Waals surface area (Å²) < 4.78 is 13.1. The third kappa shape index (κ3) is 4.35. The second-order valence-corrected chi connectivity index (χ2v) is 4.33. The standard InChI is InChI=1S/C11H16ClFN2O/c1-15(2)7-9(16)6-14-8-3-4-10(12)11(13)5-8/h3-5,9,14,16H,6-7H2,1-2H3. The maximum Gasteiger partial charge on any atom is 0.143 e. The molecule has 0 aliphatic carbocycles. The van der Waals surface area contributed by atoms with Crippen LogP contribution in [0, 0.1) is 5.82 Å². The first-order chi connectivity index (χ1) is 7.49. The predicted molar refractivity (Wildman–Crippen MR) is 64.5 cm³/mol. The number of aliphatic hydroxyl groups excluding tert-OH is 1. The number of aliphatic hydroxyl groups is 1. The number of benzene rings is 1. The van der Waals surface area contributed by atoms with Crippen LogP contribution >= 0.6 is 11.6 Å². The van der Waals surface area contributed by atoms with E-state index in [1.165, 1.54) is 12.1 Å². The van der Waals surface area contributed by atoms with Gasteiger partial charge in [-0.3, -0.25) is 0 Å². The minimum absolute atomic E-state index is 0.0967. The maximum atomic E-state index is 13.1. The smallest absolute Gasteiger partial charge is 0.143 e. The lowest BCUT2D eigenvalue weighted by molar-refractivity contribution is 0.148. The van der Waals surface area contributed by atoms with Crippen LogP contribution < -0.4 is 5.32 Å². The van der Waals surface area contributed by atoms with E-state index in [2.05, 4.69) is 5.32 Å². The molecule has 0 aliphatic heterocycles. The van der Waals surface area contributed by atoms with E-state index in [0.717, 1.165) is 0 Å². The van der Waals surface area contributed by atoms with E-state index in [1.54, 1.807) is 6.07 Å². The number of rotatable bonds is 5. The second kappa shape index (κ2) is 6.03. The lowest BCUT2D eigenvalue weighted by Crippen LogP contribution is -2.31. The highest BCUT2D eigenvalue weighted by atomic mass is 35.5. The molecule has 0 saturated carbocycles. The van der Waals surface area contributed by atoms with Crippen LogP contribution in [-0.4, -0.2) is 43.3 Å². The number of hydrogen-bond donors (Lipinski definition) is 2. The first-order valence-corrected chi connectivity index (χ1v) is 5.38. The van der Waals surface area contributed by atoms with Crippen molar-refractivity contribution in [2.45, 2.75) is 6.10 Å². The molecule has 0 aromatic heterocycles. The minimum atomic E-state index is -0.492. The van der Waals surface area contributed by atoms with E-state index < -0.39 is 11.9 Å². The molecule has 3 nitrogen and oxygen atoms in total. The highest BCUT2D eigenvalue weighted by molar-refractivity contribution is 6.30. The average Bonchev–Trinajstić information content (AvgIpc) is 2.19. The first kappa shape index (κ1) is 13.2. The van der Waals surface area contributed by atoms with Crippen LogP contribution in [0.4, 0.5) is 10.1 Å². The van der Waals surface area contributed by atoms with Gasteiger partial charge in [0.1, 0.15) is 5.82 Å². The molecule has 0 bridgehead atoms. The summed E-state index contributed by atoms with van der Waals surface area (Å²) in [7, 11) is 3.76. The Morgan fingerprint density at radius 1 is 1.50 bits per heavy atom. The topological polar surface area (TPSA) is 35.5 Å². The molecule has 1 unspecified atom stereocenters. The fourth-order valence-electron chi connectivity index (χ4n) is 1.33. The Labute approximate surface area is 99.8 Å². The van der Waals surface area contributed by atoms with E-state index in [0.29, 0.717) is 18.8 Å². The molecule has 0 fully saturated rings. The lowest BCUT2D eigenvalue weighted by Gasteiger charge is -2.17. The lowest BCUT2D eigenvalue weighted by atomic mass is 10.3. The molecule has 0 aliphatic rings. The van der Waals surface area contributed by atoms with E-state index in [4.69, 9.17) is 11.6 Å². The van der Waals surface area contributed by atoms with Crippen LogP contribution in [-0.2, 0) is 0 Å². The van der Waals surface area contributed by atoms with Crippen molar-refractivity contribution in [3.63, 3.8) is 0 Å². The van der Waals surface area contributed by atoms with Gasteiger partial charge >= 0.3 is 0 Å². The van der Waals surface area contributed by atoms with Gasteiger partial charge in [0, 0.05) is 18.8 Å². The molecule has 90 valence electrons. The molecule has 16 heavy (non-hydrogen) atoms. The van der Waals surface area contributed by atoms with Crippen molar-refractivity contribution in [1.29, 1.82) is 0 Å². The molecular weight excluding hydrogens is 231 g/mol. The summed E-state index contributed by atoms with van der Waals surface area (Å²) >= 11 is 5.55. The van der Waals surface area contributed by atoms with Crippen molar-refractivity contribution in [2.24, 2.45) is 0 Å². The van der Waals surface area contributed by atoms with Gasteiger partial charge in [0.2, 0.25) is 0 Å². The Kier molecular flexibility index (Phi) is 4.99. The summed E-state index contributed by atoms with van der Waals surface area (Å²) in [5.41, 5.74) is 0.611. The number of nitrogens with one attached hydrogen (secondary N) is 1. The van der Waals surface area contributed by atoms with Gasteiger partial charge in [-0.05, 0) is 32.3 Å². The molecule has 1 aromatic carbocycles. The Bertz CT molecular complexity index is 347. The number of likely N-dealkylation sites (N-methyl/N-ethyl adjacent to an activating group) is 1. The third-order valence-electron chi connectivity index (χ3n) is 2.04. The largest absolute Gasteiger partial charge is 0.390 e. The molecule has 5 heteroatoms. The highest BCUT2D eigenvalue weighted by Crippen LogP contribution is 2.18. The fourth-order valence-corrected chi connectivity index (χ4v) is 1.45. The van der Waals surface area contributed by atoms with E-state index in [9.17, 15) is 9.50 Å². The van der Waals surface area contributed by atoms with Crippen LogP contribution in [0.25, 0.3) is 0 Å².